The largest absolute Gasteiger partial charge is 0.491 e. The van der Waals surface area contributed by atoms with Gasteiger partial charge in [-0.15, -0.1) is 0 Å². The van der Waals surface area contributed by atoms with Gasteiger partial charge >= 0.3 is 0 Å². The first-order valence-corrected chi connectivity index (χ1v) is 18.1. The number of nitrogens with one attached hydrogen (secondary N) is 2. The fourth-order valence-electron chi connectivity index (χ4n) is 5.59. The fraction of sp³-hybridized carbons (Fsp3) is 0.378. The summed E-state index contributed by atoms with van der Waals surface area (Å²) < 4.78 is 37.6. The van der Waals surface area contributed by atoms with Gasteiger partial charge in [-0.3, -0.25) is 9.89 Å². The Morgan fingerprint density at radius 1 is 0.979 bits per heavy atom. The second kappa shape index (κ2) is 16.1. The van der Waals surface area contributed by atoms with Crippen molar-refractivity contribution >= 4 is 33.2 Å². The Morgan fingerprint density at radius 2 is 1.73 bits per heavy atom. The summed E-state index contributed by atoms with van der Waals surface area (Å²) in [6.45, 7) is 11.5. The minimum absolute atomic E-state index is 0.139. The number of aromatic amines is 1. The predicted molar refractivity (Wildman–Crippen MR) is 190 cm³/mol. The van der Waals surface area contributed by atoms with Crippen LogP contribution < -0.4 is 15.0 Å². The summed E-state index contributed by atoms with van der Waals surface area (Å²) in [6, 6.07) is 20.7. The van der Waals surface area contributed by atoms with Gasteiger partial charge in [0.1, 0.15) is 29.8 Å². The molecule has 2 heterocycles. The first-order chi connectivity index (χ1) is 23.2. The molecule has 0 bridgehead atoms. The average Bonchev–Trinajstić information content (AvgIpc) is 3.56. The van der Waals surface area contributed by atoms with E-state index in [-0.39, 0.29) is 16.6 Å². The molecule has 5 rings (SSSR count). The first kappa shape index (κ1) is 34.8. The predicted octanol–water partition coefficient (Wildman–Crippen LogP) is 7.09. The van der Waals surface area contributed by atoms with Crippen LogP contribution in [0.3, 0.4) is 0 Å². The minimum Gasteiger partial charge on any atom is -0.491 e. The summed E-state index contributed by atoms with van der Waals surface area (Å²) in [4.78, 5) is 20.1. The monoisotopic (exact) mass is 671 g/mol. The number of benzene rings is 3. The summed E-state index contributed by atoms with van der Waals surface area (Å²) in [6.07, 6.45) is 5.99. The van der Waals surface area contributed by atoms with E-state index in [4.69, 9.17) is 9.47 Å². The van der Waals surface area contributed by atoms with Gasteiger partial charge in [0, 0.05) is 36.6 Å². The maximum atomic E-state index is 13.6. The number of carbonyl (C=O) groups is 1. The molecule has 1 atom stereocenters. The van der Waals surface area contributed by atoms with Gasteiger partial charge in [-0.2, -0.15) is 5.10 Å². The molecule has 1 aliphatic rings. The van der Waals surface area contributed by atoms with E-state index >= 15 is 0 Å². The molecule has 0 saturated carbocycles. The van der Waals surface area contributed by atoms with Gasteiger partial charge in [-0.25, -0.2) is 13.4 Å². The number of amides is 1. The van der Waals surface area contributed by atoms with E-state index in [1.165, 1.54) is 18.5 Å². The van der Waals surface area contributed by atoms with Gasteiger partial charge in [0.2, 0.25) is 0 Å². The molecule has 254 valence electrons. The molecule has 4 aromatic rings. The number of anilines is 2. The van der Waals surface area contributed by atoms with Crippen molar-refractivity contribution in [2.75, 3.05) is 43.1 Å². The highest BCUT2D eigenvalue weighted by Crippen LogP contribution is 2.34. The molecular weight excluding hydrogens is 627 g/mol. The summed E-state index contributed by atoms with van der Waals surface area (Å²) in [7, 11) is -3.70. The van der Waals surface area contributed by atoms with Gasteiger partial charge in [0.25, 0.3) is 5.91 Å². The smallest absolute Gasteiger partial charge is 0.251 e. The third kappa shape index (κ3) is 8.70. The highest BCUT2D eigenvalue weighted by molar-refractivity contribution is 7.91. The van der Waals surface area contributed by atoms with Crippen LogP contribution in [0.4, 0.5) is 11.4 Å². The number of hydrogen-bond donors (Lipinski definition) is 2. The number of nitrogens with zero attached hydrogens (tertiary/aromatic N) is 3. The number of fused-ring (bicyclic) bond motifs is 1. The molecule has 0 fully saturated rings. The van der Waals surface area contributed by atoms with Crippen molar-refractivity contribution in [1.29, 1.82) is 0 Å². The van der Waals surface area contributed by atoms with Crippen molar-refractivity contribution in [3.8, 4) is 16.9 Å². The van der Waals surface area contributed by atoms with Crippen LogP contribution in [0.5, 0.6) is 5.75 Å². The minimum atomic E-state index is -3.70. The lowest BCUT2D eigenvalue weighted by molar-refractivity contribution is -0.112. The van der Waals surface area contributed by atoms with Crippen LogP contribution in [0.15, 0.2) is 83.5 Å². The standard InChI is InChI=1S/C37H45N5O5S/c1-5-6-19-46-20-21-47-33-12-7-28(8-13-33)29-9-16-35-31(22-29)23-30(17-18-42(35)24-26(2)3)37(43)40-32-10-14-34(15-11-32)48(44,45)27(4)36-38-25-39-41-36/h7-16,22-23,25-27H,5-6,17-21,24H2,1-4H3,(H,40,43)(H,38,39,41). The number of rotatable bonds is 15. The number of sulfone groups is 1. The summed E-state index contributed by atoms with van der Waals surface area (Å²) in [5.41, 5.74) is 5.33. The molecule has 1 aliphatic heterocycles. The normalized spacial score (nSPS) is 13.9. The third-order valence-corrected chi connectivity index (χ3v) is 10.4. The van der Waals surface area contributed by atoms with Crippen LogP contribution in [0.1, 0.15) is 63.6 Å². The fourth-order valence-corrected chi connectivity index (χ4v) is 6.93. The van der Waals surface area contributed by atoms with Gasteiger partial charge in [0.15, 0.2) is 9.84 Å². The molecule has 1 amide bonds. The second-order valence-electron chi connectivity index (χ2n) is 12.4. The van der Waals surface area contributed by atoms with Crippen molar-refractivity contribution in [3.05, 3.63) is 90.0 Å². The lowest BCUT2D eigenvalue weighted by Gasteiger charge is -2.27. The second-order valence-corrected chi connectivity index (χ2v) is 14.7. The summed E-state index contributed by atoms with van der Waals surface area (Å²) in [5, 5.41) is 8.47. The van der Waals surface area contributed by atoms with Crippen LogP contribution in [0.2, 0.25) is 0 Å². The first-order valence-electron chi connectivity index (χ1n) is 16.6. The molecule has 3 aromatic carbocycles. The molecule has 2 N–H and O–H groups in total. The number of hydrogen-bond acceptors (Lipinski definition) is 8. The maximum Gasteiger partial charge on any atom is 0.251 e. The highest BCUT2D eigenvalue weighted by atomic mass is 32.2. The van der Waals surface area contributed by atoms with Crippen molar-refractivity contribution in [2.24, 2.45) is 5.92 Å². The van der Waals surface area contributed by atoms with Crippen LogP contribution in [0.25, 0.3) is 17.2 Å². The van der Waals surface area contributed by atoms with E-state index in [9.17, 15) is 13.2 Å². The van der Waals surface area contributed by atoms with Crippen molar-refractivity contribution in [2.45, 2.75) is 57.1 Å². The Kier molecular flexibility index (Phi) is 11.7. The SMILES string of the molecule is CCCCOCCOc1ccc(-c2ccc3c(c2)C=C(C(=O)Nc2ccc(S(=O)(=O)C(C)c4ncn[nH]4)cc2)CCN3CC(C)C)cc1. The number of ether oxygens (including phenoxy) is 2. The Bertz CT molecular complexity index is 1790. The van der Waals surface area contributed by atoms with Crippen molar-refractivity contribution < 1.29 is 22.7 Å². The van der Waals surface area contributed by atoms with E-state index < -0.39 is 15.1 Å². The van der Waals surface area contributed by atoms with E-state index in [1.807, 2.05) is 30.3 Å². The van der Waals surface area contributed by atoms with Gasteiger partial charge in [0.05, 0.1) is 11.5 Å². The summed E-state index contributed by atoms with van der Waals surface area (Å²) in [5.74, 6) is 1.29. The van der Waals surface area contributed by atoms with Crippen LogP contribution in [0, 0.1) is 5.92 Å². The number of aromatic nitrogens is 3. The Hall–Kier alpha value is -4.48. The van der Waals surface area contributed by atoms with Crippen LogP contribution >= 0.6 is 0 Å². The van der Waals surface area contributed by atoms with Crippen molar-refractivity contribution in [3.63, 3.8) is 0 Å². The molecule has 0 saturated heterocycles. The molecule has 1 unspecified atom stereocenters. The molecule has 0 aliphatic carbocycles. The third-order valence-electron chi connectivity index (χ3n) is 8.28. The Labute approximate surface area is 283 Å². The van der Waals surface area contributed by atoms with Gasteiger partial charge < -0.3 is 19.7 Å². The van der Waals surface area contributed by atoms with Crippen LogP contribution in [-0.2, 0) is 19.4 Å². The molecule has 1 aromatic heterocycles. The zero-order valence-electron chi connectivity index (χ0n) is 28.1. The zero-order valence-corrected chi connectivity index (χ0v) is 28.9. The quantitative estimate of drug-likeness (QED) is 0.128. The lowest BCUT2D eigenvalue weighted by atomic mass is 10.00. The Balaban J connectivity index is 1.31. The van der Waals surface area contributed by atoms with E-state index in [1.54, 1.807) is 19.1 Å². The molecule has 0 spiro atoms. The van der Waals surface area contributed by atoms with E-state index in [0.717, 1.165) is 54.1 Å². The van der Waals surface area contributed by atoms with Crippen molar-refractivity contribution in [1.82, 2.24) is 15.2 Å². The molecule has 0 radical (unpaired) electrons. The topological polar surface area (TPSA) is 127 Å². The molecule has 10 nitrogen and oxygen atoms in total. The molecular formula is C37H45N5O5S. The highest BCUT2D eigenvalue weighted by Gasteiger charge is 2.27. The number of unbranched alkanes of at least 4 members (excludes halogenated alkanes) is 1. The molecule has 48 heavy (non-hydrogen) atoms. The Morgan fingerprint density at radius 3 is 2.42 bits per heavy atom. The van der Waals surface area contributed by atoms with E-state index in [0.29, 0.717) is 43.4 Å². The zero-order chi connectivity index (χ0) is 34.1. The summed E-state index contributed by atoms with van der Waals surface area (Å²) >= 11 is 0. The average molecular weight is 672 g/mol. The van der Waals surface area contributed by atoms with Gasteiger partial charge in [-0.1, -0.05) is 45.4 Å². The lowest BCUT2D eigenvalue weighted by Crippen LogP contribution is -2.29. The number of carbonyl (C=O) groups excluding carboxylic acids is 1. The maximum absolute atomic E-state index is 13.6. The van der Waals surface area contributed by atoms with Crippen LogP contribution in [-0.4, -0.2) is 62.4 Å². The van der Waals surface area contributed by atoms with Gasteiger partial charge in [-0.05, 0) is 97.0 Å². The number of H-pyrrole nitrogens is 1. The van der Waals surface area contributed by atoms with E-state index in [2.05, 4.69) is 64.4 Å². The molecule has 11 heteroatoms.